The molecule has 0 fully saturated rings. The van der Waals surface area contributed by atoms with Gasteiger partial charge in [0.05, 0.1) is 0 Å². The minimum Gasteiger partial charge on any atom is -0.482 e. The molecule has 1 rings (SSSR count). The van der Waals surface area contributed by atoms with Crippen LogP contribution in [0.1, 0.15) is 20.3 Å². The summed E-state index contributed by atoms with van der Waals surface area (Å²) in [7, 11) is 0. The lowest BCUT2D eigenvalue weighted by Gasteiger charge is -2.14. The molecule has 1 radical (unpaired) electrons. The van der Waals surface area contributed by atoms with E-state index in [0.717, 1.165) is 5.75 Å². The number of para-hydroxylation sites is 1. The number of benzene rings is 1. The van der Waals surface area contributed by atoms with Crippen LogP contribution in [0.5, 0.6) is 5.75 Å². The molecule has 2 heteroatoms. The van der Waals surface area contributed by atoms with Gasteiger partial charge in [0.15, 0.2) is 6.10 Å². The quantitative estimate of drug-likeness (QED) is 0.715. The zero-order valence-corrected chi connectivity index (χ0v) is 8.57. The van der Waals surface area contributed by atoms with Gasteiger partial charge in [-0.1, -0.05) is 32.0 Å². The van der Waals surface area contributed by atoms with Crippen LogP contribution in [0.15, 0.2) is 30.3 Å². The summed E-state index contributed by atoms with van der Waals surface area (Å²) in [6, 6.07) is 9.35. The van der Waals surface area contributed by atoms with Crippen molar-refractivity contribution in [1.82, 2.24) is 0 Å². The summed E-state index contributed by atoms with van der Waals surface area (Å²) < 4.78 is 5.45. The SMILES string of the molecule is CC(C)CC([C]=O)Oc1ccccc1. The first-order valence-electron chi connectivity index (χ1n) is 4.81. The second-order valence-electron chi connectivity index (χ2n) is 3.67. The van der Waals surface area contributed by atoms with E-state index in [-0.39, 0.29) is 0 Å². The molecule has 0 N–H and O–H groups in total. The van der Waals surface area contributed by atoms with Gasteiger partial charge in [-0.3, -0.25) is 4.79 Å². The molecule has 1 aromatic carbocycles. The highest BCUT2D eigenvalue weighted by atomic mass is 16.5. The molecule has 0 spiro atoms. The van der Waals surface area contributed by atoms with Gasteiger partial charge >= 0.3 is 0 Å². The van der Waals surface area contributed by atoms with E-state index >= 15 is 0 Å². The summed E-state index contributed by atoms with van der Waals surface area (Å²) in [4.78, 5) is 10.6. The van der Waals surface area contributed by atoms with E-state index in [9.17, 15) is 4.79 Å². The first-order valence-corrected chi connectivity index (χ1v) is 4.81. The van der Waals surface area contributed by atoms with Gasteiger partial charge in [0.1, 0.15) is 5.75 Å². The van der Waals surface area contributed by atoms with Gasteiger partial charge in [-0.15, -0.1) is 0 Å². The first-order chi connectivity index (χ1) is 6.72. The van der Waals surface area contributed by atoms with Crippen molar-refractivity contribution < 1.29 is 9.53 Å². The van der Waals surface area contributed by atoms with E-state index in [1.165, 1.54) is 0 Å². The Bertz CT molecular complexity index is 267. The van der Waals surface area contributed by atoms with E-state index in [4.69, 9.17) is 4.74 Å². The van der Waals surface area contributed by atoms with Crippen molar-refractivity contribution in [3.63, 3.8) is 0 Å². The number of hydrogen-bond donors (Lipinski definition) is 0. The Kier molecular flexibility index (Phi) is 4.17. The fraction of sp³-hybridized carbons (Fsp3) is 0.417. The maximum Gasteiger partial charge on any atom is 0.242 e. The fourth-order valence-electron chi connectivity index (χ4n) is 1.21. The molecule has 0 bridgehead atoms. The monoisotopic (exact) mass is 191 g/mol. The van der Waals surface area contributed by atoms with Crippen LogP contribution in [0.2, 0.25) is 0 Å². The van der Waals surface area contributed by atoms with Crippen LogP contribution in [0.4, 0.5) is 0 Å². The molecular formula is C12H15O2. The topological polar surface area (TPSA) is 26.3 Å². The van der Waals surface area contributed by atoms with Gasteiger partial charge in [-0.25, -0.2) is 0 Å². The van der Waals surface area contributed by atoms with Crippen molar-refractivity contribution in [2.45, 2.75) is 26.4 Å². The van der Waals surface area contributed by atoms with Crippen LogP contribution >= 0.6 is 0 Å². The summed E-state index contributed by atoms with van der Waals surface area (Å²) in [5.41, 5.74) is 0. The van der Waals surface area contributed by atoms with E-state index in [1.54, 1.807) is 0 Å². The van der Waals surface area contributed by atoms with Crippen LogP contribution in [-0.4, -0.2) is 12.4 Å². The van der Waals surface area contributed by atoms with Crippen LogP contribution < -0.4 is 4.74 Å². The molecule has 0 aliphatic carbocycles. The van der Waals surface area contributed by atoms with E-state index < -0.39 is 6.10 Å². The largest absolute Gasteiger partial charge is 0.482 e. The van der Waals surface area contributed by atoms with Crippen molar-refractivity contribution in [2.75, 3.05) is 0 Å². The average molecular weight is 191 g/mol. The third-order valence-corrected chi connectivity index (χ3v) is 1.84. The Morgan fingerprint density at radius 1 is 1.29 bits per heavy atom. The third kappa shape index (κ3) is 3.60. The molecule has 0 saturated carbocycles. The molecule has 1 atom stereocenters. The molecule has 1 unspecified atom stereocenters. The van der Waals surface area contributed by atoms with Gasteiger partial charge < -0.3 is 4.74 Å². The summed E-state index contributed by atoms with van der Waals surface area (Å²) in [6.07, 6.45) is 2.17. The number of rotatable bonds is 5. The Hall–Kier alpha value is -1.31. The van der Waals surface area contributed by atoms with E-state index in [1.807, 2.05) is 36.6 Å². The molecule has 0 heterocycles. The highest BCUT2D eigenvalue weighted by molar-refractivity contribution is 5.57. The van der Waals surface area contributed by atoms with Gasteiger partial charge in [-0.05, 0) is 24.5 Å². The molecule has 0 aliphatic rings. The standard InChI is InChI=1S/C12H15O2/c1-10(2)8-12(9-13)14-11-6-4-3-5-7-11/h3-7,10,12H,8H2,1-2H3. The predicted octanol–water partition coefficient (Wildman–Crippen LogP) is 2.59. The zero-order valence-electron chi connectivity index (χ0n) is 8.57. The van der Waals surface area contributed by atoms with Crippen molar-refractivity contribution in [1.29, 1.82) is 0 Å². The predicted molar refractivity (Wildman–Crippen MR) is 56.0 cm³/mol. The fourth-order valence-corrected chi connectivity index (χ4v) is 1.21. The minimum absolute atomic E-state index is 0.435. The maximum atomic E-state index is 10.6. The second-order valence-corrected chi connectivity index (χ2v) is 3.67. The average Bonchev–Trinajstić information content (AvgIpc) is 2.17. The van der Waals surface area contributed by atoms with Crippen LogP contribution in [-0.2, 0) is 4.79 Å². The Balaban J connectivity index is 2.53. The van der Waals surface area contributed by atoms with Crippen LogP contribution in [0.3, 0.4) is 0 Å². The lowest BCUT2D eigenvalue weighted by Crippen LogP contribution is -2.20. The van der Waals surface area contributed by atoms with Gasteiger partial charge in [-0.2, -0.15) is 0 Å². The molecular weight excluding hydrogens is 176 g/mol. The van der Waals surface area contributed by atoms with Gasteiger partial charge in [0.2, 0.25) is 6.29 Å². The minimum atomic E-state index is -0.447. The normalized spacial score (nSPS) is 12.5. The maximum absolute atomic E-state index is 10.6. The number of ether oxygens (including phenoxy) is 1. The highest BCUT2D eigenvalue weighted by Crippen LogP contribution is 2.14. The molecule has 0 aliphatic heterocycles. The van der Waals surface area contributed by atoms with Crippen molar-refractivity contribution in [3.05, 3.63) is 30.3 Å². The Morgan fingerprint density at radius 2 is 1.93 bits per heavy atom. The second kappa shape index (κ2) is 5.43. The third-order valence-electron chi connectivity index (χ3n) is 1.84. The molecule has 0 aromatic heterocycles. The molecule has 14 heavy (non-hydrogen) atoms. The molecule has 0 saturated heterocycles. The summed E-state index contributed by atoms with van der Waals surface area (Å²) in [6.45, 7) is 4.11. The summed E-state index contributed by atoms with van der Waals surface area (Å²) in [5, 5.41) is 0. The summed E-state index contributed by atoms with van der Waals surface area (Å²) >= 11 is 0. The first kappa shape index (κ1) is 10.8. The number of carbonyl (C=O) groups excluding carboxylic acids is 1. The molecule has 75 valence electrons. The number of hydrogen-bond acceptors (Lipinski definition) is 2. The molecule has 0 amide bonds. The van der Waals surface area contributed by atoms with Crippen LogP contribution in [0, 0.1) is 5.92 Å². The van der Waals surface area contributed by atoms with E-state index in [2.05, 4.69) is 13.8 Å². The molecule has 2 nitrogen and oxygen atoms in total. The van der Waals surface area contributed by atoms with Crippen molar-refractivity contribution in [2.24, 2.45) is 5.92 Å². The molecule has 1 aromatic rings. The van der Waals surface area contributed by atoms with Crippen molar-refractivity contribution in [3.8, 4) is 5.75 Å². The highest BCUT2D eigenvalue weighted by Gasteiger charge is 2.11. The Morgan fingerprint density at radius 3 is 2.43 bits per heavy atom. The smallest absolute Gasteiger partial charge is 0.242 e. The Labute approximate surface area is 84.9 Å². The van der Waals surface area contributed by atoms with Gasteiger partial charge in [0.25, 0.3) is 0 Å². The van der Waals surface area contributed by atoms with E-state index in [0.29, 0.717) is 12.3 Å². The summed E-state index contributed by atoms with van der Waals surface area (Å²) in [5.74, 6) is 1.16. The van der Waals surface area contributed by atoms with Crippen LogP contribution in [0.25, 0.3) is 0 Å². The lowest BCUT2D eigenvalue weighted by atomic mass is 10.1. The lowest BCUT2D eigenvalue weighted by molar-refractivity contribution is 0.230. The zero-order chi connectivity index (χ0) is 10.4. The van der Waals surface area contributed by atoms with Crippen molar-refractivity contribution >= 4 is 6.29 Å². The van der Waals surface area contributed by atoms with Gasteiger partial charge in [0, 0.05) is 0 Å².